The fourth-order valence-corrected chi connectivity index (χ4v) is 1.27. The van der Waals surface area contributed by atoms with Gasteiger partial charge in [0, 0.05) is 17.5 Å². The highest BCUT2D eigenvalue weighted by atomic mass is 16.5. The number of nitriles is 1. The first-order valence-electron chi connectivity index (χ1n) is 5.05. The Morgan fingerprint density at radius 2 is 2.06 bits per heavy atom. The van der Waals surface area contributed by atoms with Crippen LogP contribution in [0.2, 0.25) is 0 Å². The largest absolute Gasteiger partial charge is 0.461 e. The molecule has 1 aromatic carbocycles. The van der Waals surface area contributed by atoms with Crippen LogP contribution in [0.5, 0.6) is 0 Å². The number of nitrogens with two attached hydrogens (primary N) is 1. The minimum Gasteiger partial charge on any atom is -0.461 e. The summed E-state index contributed by atoms with van der Waals surface area (Å²) >= 11 is 0. The topological polar surface area (TPSA) is 93.2 Å². The van der Waals surface area contributed by atoms with Crippen LogP contribution in [0.15, 0.2) is 24.3 Å². The fourth-order valence-electron chi connectivity index (χ4n) is 1.27. The van der Waals surface area contributed by atoms with Crippen LogP contribution in [0.4, 0.5) is 0 Å². The molecular weight excluding hydrogens is 220 g/mol. The molecule has 88 valence electrons. The highest BCUT2D eigenvalue weighted by Crippen LogP contribution is 2.10. The number of nitrogens with zero attached hydrogens (tertiary/aromatic N) is 1. The van der Waals surface area contributed by atoms with Crippen LogP contribution in [0.1, 0.15) is 28.8 Å². The van der Waals surface area contributed by atoms with E-state index in [-0.39, 0.29) is 19.4 Å². The van der Waals surface area contributed by atoms with Gasteiger partial charge in [0.1, 0.15) is 6.61 Å². The van der Waals surface area contributed by atoms with Gasteiger partial charge < -0.3 is 10.5 Å². The quantitative estimate of drug-likeness (QED) is 0.770. The van der Waals surface area contributed by atoms with Crippen molar-refractivity contribution in [2.75, 3.05) is 0 Å². The fraction of sp³-hybridized carbons (Fsp3) is 0.250. The molecule has 0 atom stereocenters. The van der Waals surface area contributed by atoms with Crippen molar-refractivity contribution in [2.45, 2.75) is 19.4 Å². The van der Waals surface area contributed by atoms with E-state index in [1.807, 2.05) is 6.07 Å². The minimum absolute atomic E-state index is 0.0105. The van der Waals surface area contributed by atoms with Crippen LogP contribution < -0.4 is 5.73 Å². The molecule has 0 bridgehead atoms. The molecule has 2 N–H and O–H groups in total. The van der Waals surface area contributed by atoms with Crippen LogP contribution >= 0.6 is 0 Å². The van der Waals surface area contributed by atoms with Gasteiger partial charge in [-0.15, -0.1) is 0 Å². The van der Waals surface area contributed by atoms with Gasteiger partial charge in [0.2, 0.25) is 5.91 Å². The van der Waals surface area contributed by atoms with Gasteiger partial charge in [0.05, 0.1) is 12.5 Å². The van der Waals surface area contributed by atoms with Gasteiger partial charge >= 0.3 is 5.97 Å². The summed E-state index contributed by atoms with van der Waals surface area (Å²) < 4.78 is 4.92. The summed E-state index contributed by atoms with van der Waals surface area (Å²) in [6.07, 6.45) is 0.172. The lowest BCUT2D eigenvalue weighted by Gasteiger charge is -2.07. The SMILES string of the molecule is N#CCCC(=O)OCc1ccccc1C(N)=O. The zero-order valence-corrected chi connectivity index (χ0v) is 9.18. The molecule has 0 unspecified atom stereocenters. The normalized spacial score (nSPS) is 9.35. The molecule has 0 spiro atoms. The highest BCUT2D eigenvalue weighted by Gasteiger charge is 2.09. The van der Waals surface area contributed by atoms with Gasteiger partial charge in [-0.1, -0.05) is 18.2 Å². The van der Waals surface area contributed by atoms with Crippen LogP contribution in [0.3, 0.4) is 0 Å². The van der Waals surface area contributed by atoms with E-state index in [0.717, 1.165) is 0 Å². The molecule has 0 aliphatic heterocycles. The molecule has 0 heterocycles. The molecule has 1 amide bonds. The predicted octanol–water partition coefficient (Wildman–Crippen LogP) is 1.13. The van der Waals surface area contributed by atoms with Gasteiger partial charge in [0.25, 0.3) is 0 Å². The smallest absolute Gasteiger partial charge is 0.307 e. The van der Waals surface area contributed by atoms with E-state index in [1.165, 1.54) is 0 Å². The maximum atomic E-state index is 11.2. The molecule has 0 aliphatic carbocycles. The van der Waals surface area contributed by atoms with E-state index in [0.29, 0.717) is 11.1 Å². The van der Waals surface area contributed by atoms with Crippen LogP contribution in [-0.2, 0) is 16.1 Å². The lowest BCUT2D eigenvalue weighted by Crippen LogP contribution is -2.15. The number of hydrogen-bond acceptors (Lipinski definition) is 4. The number of ether oxygens (including phenoxy) is 1. The molecule has 5 nitrogen and oxygen atoms in total. The lowest BCUT2D eigenvalue weighted by molar-refractivity contribution is -0.144. The second kappa shape index (κ2) is 6.28. The van der Waals surface area contributed by atoms with Crippen LogP contribution in [-0.4, -0.2) is 11.9 Å². The summed E-state index contributed by atoms with van der Waals surface area (Å²) in [6.45, 7) is -0.0105. The lowest BCUT2D eigenvalue weighted by atomic mass is 10.1. The number of primary amides is 1. The van der Waals surface area contributed by atoms with Crippen molar-refractivity contribution in [3.63, 3.8) is 0 Å². The summed E-state index contributed by atoms with van der Waals surface area (Å²) in [4.78, 5) is 22.2. The van der Waals surface area contributed by atoms with E-state index in [4.69, 9.17) is 15.7 Å². The Bertz CT molecular complexity index is 463. The first-order valence-corrected chi connectivity index (χ1v) is 5.05. The molecular formula is C12H12N2O3. The second-order valence-corrected chi connectivity index (χ2v) is 3.34. The zero-order valence-electron chi connectivity index (χ0n) is 9.18. The third-order valence-corrected chi connectivity index (χ3v) is 2.11. The van der Waals surface area contributed by atoms with Crippen molar-refractivity contribution in [1.82, 2.24) is 0 Å². The number of hydrogen-bond donors (Lipinski definition) is 1. The van der Waals surface area contributed by atoms with Crippen molar-refractivity contribution < 1.29 is 14.3 Å². The first kappa shape index (κ1) is 12.7. The Labute approximate surface area is 98.8 Å². The zero-order chi connectivity index (χ0) is 12.7. The molecule has 1 rings (SSSR count). The number of carbonyl (C=O) groups is 2. The van der Waals surface area contributed by atoms with Gasteiger partial charge in [-0.3, -0.25) is 9.59 Å². The second-order valence-electron chi connectivity index (χ2n) is 3.34. The molecule has 0 aliphatic rings. The number of amides is 1. The standard InChI is InChI=1S/C12H12N2O3/c13-7-3-6-11(15)17-8-9-4-1-2-5-10(9)12(14)16/h1-2,4-5H,3,6,8H2,(H2,14,16). The highest BCUT2D eigenvalue weighted by molar-refractivity contribution is 5.94. The predicted molar refractivity (Wildman–Crippen MR) is 59.6 cm³/mol. The molecule has 0 saturated carbocycles. The number of benzene rings is 1. The first-order chi connectivity index (χ1) is 8.15. The number of esters is 1. The third kappa shape index (κ3) is 3.95. The summed E-state index contributed by atoms with van der Waals surface area (Å²) in [5.41, 5.74) is 6.07. The van der Waals surface area contributed by atoms with Gasteiger partial charge in [0.15, 0.2) is 0 Å². The van der Waals surface area contributed by atoms with Crippen molar-refractivity contribution in [3.05, 3.63) is 35.4 Å². The average Bonchev–Trinajstić information content (AvgIpc) is 2.34. The van der Waals surface area contributed by atoms with Crippen LogP contribution in [0, 0.1) is 11.3 Å². The summed E-state index contributed by atoms with van der Waals surface area (Å²) in [5.74, 6) is -1.03. The Morgan fingerprint density at radius 3 is 2.71 bits per heavy atom. The van der Waals surface area contributed by atoms with E-state index in [9.17, 15) is 9.59 Å². The Kier molecular flexibility index (Phi) is 4.70. The minimum atomic E-state index is -0.561. The summed E-state index contributed by atoms with van der Waals surface area (Å²) in [7, 11) is 0. The molecule has 0 radical (unpaired) electrons. The molecule has 0 saturated heterocycles. The maximum Gasteiger partial charge on any atom is 0.307 e. The molecule has 0 aromatic heterocycles. The van der Waals surface area contributed by atoms with Crippen molar-refractivity contribution in [3.8, 4) is 6.07 Å². The summed E-state index contributed by atoms with van der Waals surface area (Å²) in [5, 5.41) is 8.30. The van der Waals surface area contributed by atoms with Gasteiger partial charge in [-0.2, -0.15) is 5.26 Å². The Morgan fingerprint density at radius 1 is 1.35 bits per heavy atom. The van der Waals surface area contributed by atoms with Gasteiger partial charge in [-0.05, 0) is 6.07 Å². The van der Waals surface area contributed by atoms with Gasteiger partial charge in [-0.25, -0.2) is 0 Å². The molecule has 1 aromatic rings. The van der Waals surface area contributed by atoms with Crippen LogP contribution in [0.25, 0.3) is 0 Å². The van der Waals surface area contributed by atoms with E-state index < -0.39 is 11.9 Å². The Hall–Kier alpha value is -2.35. The molecule has 17 heavy (non-hydrogen) atoms. The van der Waals surface area contributed by atoms with Crippen molar-refractivity contribution in [1.29, 1.82) is 5.26 Å². The van der Waals surface area contributed by atoms with E-state index in [1.54, 1.807) is 24.3 Å². The Balaban J connectivity index is 2.61. The average molecular weight is 232 g/mol. The summed E-state index contributed by atoms with van der Waals surface area (Å²) in [6, 6.07) is 8.49. The van der Waals surface area contributed by atoms with E-state index >= 15 is 0 Å². The molecule has 5 heteroatoms. The van der Waals surface area contributed by atoms with Crippen molar-refractivity contribution in [2.24, 2.45) is 5.73 Å². The third-order valence-electron chi connectivity index (χ3n) is 2.11. The van der Waals surface area contributed by atoms with E-state index in [2.05, 4.69) is 0 Å². The number of rotatable bonds is 5. The monoisotopic (exact) mass is 232 g/mol. The number of carbonyl (C=O) groups excluding carboxylic acids is 2. The maximum absolute atomic E-state index is 11.2. The molecule has 0 fully saturated rings. The van der Waals surface area contributed by atoms with Crippen molar-refractivity contribution >= 4 is 11.9 Å².